The number of phosphoric acid groups is 4. The summed E-state index contributed by atoms with van der Waals surface area (Å²) < 4.78 is 103. The van der Waals surface area contributed by atoms with Crippen LogP contribution >= 0.6 is 31.3 Å². The van der Waals surface area contributed by atoms with Crippen molar-refractivity contribution in [3.63, 3.8) is 0 Å². The molecule has 18 heteroatoms. The summed E-state index contributed by atoms with van der Waals surface area (Å²) in [6.45, 7) is 1.98. The van der Waals surface area contributed by atoms with Crippen molar-refractivity contribution in [3.8, 4) is 0 Å². The molecule has 226 valence electrons. The summed E-state index contributed by atoms with van der Waals surface area (Å²) in [4.78, 5) is 0. The zero-order valence-corrected chi connectivity index (χ0v) is 26.3. The van der Waals surface area contributed by atoms with Crippen molar-refractivity contribution in [1.82, 2.24) is 0 Å². The lowest BCUT2D eigenvalue weighted by molar-refractivity contribution is 0.00497. The molecule has 0 amide bonds. The van der Waals surface area contributed by atoms with Gasteiger partial charge in [0.05, 0.1) is 18.8 Å². The van der Waals surface area contributed by atoms with Gasteiger partial charge < -0.3 is 4.74 Å². The molecule has 0 bridgehead atoms. The van der Waals surface area contributed by atoms with Crippen LogP contribution in [0.5, 0.6) is 0 Å². The highest BCUT2D eigenvalue weighted by molar-refractivity contribution is 7.70. The molecule has 2 rings (SSSR count). The first-order chi connectivity index (χ1) is 17.9. The number of phosphoric ester groups is 2. The first-order valence-electron chi connectivity index (χ1n) is 12.6. The lowest BCUT2D eigenvalue weighted by Gasteiger charge is -2.27. The molecular weight excluding hydrogens is 588 g/mol. The first-order valence-corrected chi connectivity index (χ1v) is 18.5. The molecular formula is C20H42O14P4. The largest absolute Gasteiger partial charge is 0.492 e. The van der Waals surface area contributed by atoms with Crippen molar-refractivity contribution in [3.05, 3.63) is 0 Å². The average Bonchev–Trinajstić information content (AvgIpc) is 3.29. The molecule has 0 radical (unpaired) electrons. The number of hydrogen-bond acceptors (Lipinski definition) is 14. The third kappa shape index (κ3) is 11.8. The molecule has 0 saturated heterocycles. The lowest BCUT2D eigenvalue weighted by atomic mass is 10.1. The van der Waals surface area contributed by atoms with Gasteiger partial charge in [0.15, 0.2) is 0 Å². The van der Waals surface area contributed by atoms with Crippen LogP contribution in [0.1, 0.15) is 71.1 Å². The van der Waals surface area contributed by atoms with E-state index in [4.69, 9.17) is 44.8 Å². The summed E-state index contributed by atoms with van der Waals surface area (Å²) in [6, 6.07) is 0. The molecule has 2 fully saturated rings. The van der Waals surface area contributed by atoms with Gasteiger partial charge in [-0.1, -0.05) is 38.5 Å². The zero-order valence-electron chi connectivity index (χ0n) is 22.7. The van der Waals surface area contributed by atoms with Crippen molar-refractivity contribution < 1.29 is 63.1 Å². The Morgan fingerprint density at radius 2 is 1.08 bits per heavy atom. The number of rotatable bonds is 18. The Bertz CT molecular complexity index is 887. The maximum atomic E-state index is 13.2. The highest BCUT2D eigenvalue weighted by Gasteiger charge is 2.50. The Morgan fingerprint density at radius 3 is 1.58 bits per heavy atom. The number of hydrogen-bond donors (Lipinski definition) is 0. The van der Waals surface area contributed by atoms with E-state index in [0.717, 1.165) is 67.0 Å². The maximum absolute atomic E-state index is 13.2. The molecule has 0 aromatic rings. The van der Waals surface area contributed by atoms with Gasteiger partial charge in [0, 0.05) is 35.0 Å². The fraction of sp³-hybridized carbons (Fsp3) is 1.00. The normalized spacial score (nSPS) is 25.1. The van der Waals surface area contributed by atoms with Gasteiger partial charge >= 0.3 is 31.3 Å². The van der Waals surface area contributed by atoms with Crippen LogP contribution in [0.15, 0.2) is 0 Å². The van der Waals surface area contributed by atoms with Crippen molar-refractivity contribution in [2.45, 2.75) is 83.3 Å². The molecule has 38 heavy (non-hydrogen) atoms. The molecule has 0 aromatic heterocycles. The molecule has 2 aliphatic carbocycles. The van der Waals surface area contributed by atoms with E-state index in [1.54, 1.807) is 6.92 Å². The molecule has 2 aliphatic rings. The third-order valence-electron chi connectivity index (χ3n) is 6.13. The molecule has 4 unspecified atom stereocenters. The molecule has 2 saturated carbocycles. The van der Waals surface area contributed by atoms with E-state index in [1.807, 2.05) is 0 Å². The zero-order chi connectivity index (χ0) is 28.3. The molecule has 0 aliphatic heterocycles. The standard InChI is InChI=1S/C20H42O14P4/c1-18(29-17-19-12-10-11-13-19)16-30-35(21,25-2)32-37(23,27-4)34-38(24,28-5)33-36(22,26-3)31-20-14-8-6-7-9-15-20/h18-20H,6-17H2,1-5H3/t18-,35?,36?,37?,38?/m0/s1. The fourth-order valence-corrected chi connectivity index (χ4v) is 10.8. The molecule has 0 spiro atoms. The number of ether oxygens (including phenoxy) is 1. The molecule has 14 nitrogen and oxygen atoms in total. The van der Waals surface area contributed by atoms with Crippen LogP contribution < -0.4 is 0 Å². The molecule has 0 aromatic carbocycles. The average molecular weight is 630 g/mol. The first kappa shape index (κ1) is 34.7. The summed E-state index contributed by atoms with van der Waals surface area (Å²) in [7, 11) is -15.4. The topological polar surface area (TPSA) is 161 Å². The van der Waals surface area contributed by atoms with Crippen LogP contribution in [0.25, 0.3) is 0 Å². The van der Waals surface area contributed by atoms with Crippen molar-refractivity contribution in [2.75, 3.05) is 41.7 Å². The summed E-state index contributed by atoms with van der Waals surface area (Å²) in [5.41, 5.74) is 0. The fourth-order valence-electron chi connectivity index (χ4n) is 3.99. The Hall–Kier alpha value is 0.520. The predicted molar refractivity (Wildman–Crippen MR) is 138 cm³/mol. The van der Waals surface area contributed by atoms with E-state index in [2.05, 4.69) is 0 Å². The minimum Gasteiger partial charge on any atom is -0.376 e. The molecule has 0 N–H and O–H groups in total. The Morgan fingerprint density at radius 1 is 0.632 bits per heavy atom. The maximum Gasteiger partial charge on any atom is 0.492 e. The van der Waals surface area contributed by atoms with Gasteiger partial charge in [-0.3, -0.25) is 27.1 Å². The minimum absolute atomic E-state index is 0.242. The van der Waals surface area contributed by atoms with Gasteiger partial charge in [0.2, 0.25) is 0 Å². The van der Waals surface area contributed by atoms with Crippen LogP contribution in [0.4, 0.5) is 0 Å². The Balaban J connectivity index is 2.02. The second-order valence-electron chi connectivity index (χ2n) is 9.07. The van der Waals surface area contributed by atoms with E-state index in [-0.39, 0.29) is 6.61 Å². The lowest BCUT2D eigenvalue weighted by Crippen LogP contribution is -2.19. The SMILES string of the molecule is COP(=O)(OC[C@H](C)OCC1CCCC1)OP(=O)(OC)OP(=O)(OC)OP(=O)(OC)OC1CCCCCC1. The van der Waals surface area contributed by atoms with Crippen LogP contribution in [0, 0.1) is 5.92 Å². The van der Waals surface area contributed by atoms with Crippen molar-refractivity contribution in [1.29, 1.82) is 0 Å². The van der Waals surface area contributed by atoms with Crippen molar-refractivity contribution in [2.24, 2.45) is 5.92 Å². The van der Waals surface area contributed by atoms with E-state index in [0.29, 0.717) is 25.4 Å². The predicted octanol–water partition coefficient (Wildman–Crippen LogP) is 7.41. The van der Waals surface area contributed by atoms with Crippen LogP contribution in [-0.4, -0.2) is 53.9 Å². The second kappa shape index (κ2) is 16.2. The Kier molecular flexibility index (Phi) is 14.8. The van der Waals surface area contributed by atoms with Crippen LogP contribution in [0.2, 0.25) is 0 Å². The smallest absolute Gasteiger partial charge is 0.376 e. The van der Waals surface area contributed by atoms with Gasteiger partial charge in [0.1, 0.15) is 0 Å². The molecule has 0 heterocycles. The quantitative estimate of drug-likeness (QED) is 0.109. The summed E-state index contributed by atoms with van der Waals surface area (Å²) >= 11 is 0. The minimum atomic E-state index is -5.01. The van der Waals surface area contributed by atoms with Crippen LogP contribution in [-0.2, 0) is 63.1 Å². The summed E-state index contributed by atoms with van der Waals surface area (Å²) in [5.74, 6) is 0.461. The van der Waals surface area contributed by atoms with Crippen molar-refractivity contribution >= 4 is 31.3 Å². The summed E-state index contributed by atoms with van der Waals surface area (Å²) in [5, 5.41) is 0. The van der Waals surface area contributed by atoms with Crippen LogP contribution in [0.3, 0.4) is 0 Å². The second-order valence-corrected chi connectivity index (χ2v) is 16.5. The highest BCUT2D eigenvalue weighted by atomic mass is 31.3. The van der Waals surface area contributed by atoms with E-state index >= 15 is 0 Å². The highest BCUT2D eigenvalue weighted by Crippen LogP contribution is 2.76. The van der Waals surface area contributed by atoms with Gasteiger partial charge in [0.25, 0.3) is 0 Å². The van der Waals surface area contributed by atoms with E-state index in [1.165, 1.54) is 12.8 Å². The molecule has 5 atom stereocenters. The Labute approximate surface area is 225 Å². The van der Waals surface area contributed by atoms with Gasteiger partial charge in [-0.15, -0.1) is 0 Å². The van der Waals surface area contributed by atoms with Gasteiger partial charge in [-0.2, -0.15) is 12.9 Å². The van der Waals surface area contributed by atoms with E-state index in [9.17, 15) is 18.3 Å². The summed E-state index contributed by atoms with van der Waals surface area (Å²) in [6.07, 6.45) is 8.39. The third-order valence-corrected chi connectivity index (χ3v) is 13.7. The van der Waals surface area contributed by atoms with Gasteiger partial charge in [-0.05, 0) is 38.5 Å². The van der Waals surface area contributed by atoms with Gasteiger partial charge in [-0.25, -0.2) is 18.3 Å². The monoisotopic (exact) mass is 630 g/mol. The van der Waals surface area contributed by atoms with E-state index < -0.39 is 43.5 Å².